The van der Waals surface area contributed by atoms with E-state index in [-0.39, 0.29) is 0 Å². The van der Waals surface area contributed by atoms with Crippen molar-refractivity contribution in [3.05, 3.63) is 35.4 Å². The average Bonchev–Trinajstić information content (AvgIpc) is 3.03. The number of aliphatic hydroxyl groups excluding tert-OH is 2. The van der Waals surface area contributed by atoms with Crippen molar-refractivity contribution in [1.82, 2.24) is 4.90 Å². The molecule has 23 heavy (non-hydrogen) atoms. The van der Waals surface area contributed by atoms with Crippen molar-refractivity contribution in [2.24, 2.45) is 0 Å². The van der Waals surface area contributed by atoms with Crippen LogP contribution in [0.3, 0.4) is 0 Å². The van der Waals surface area contributed by atoms with Gasteiger partial charge in [-0.25, -0.2) is 0 Å². The summed E-state index contributed by atoms with van der Waals surface area (Å²) in [5, 5.41) is 20.6. The Morgan fingerprint density at radius 3 is 2.04 bits per heavy atom. The smallest absolute Gasteiger partial charge is 0.261 e. The van der Waals surface area contributed by atoms with Gasteiger partial charge in [-0.1, -0.05) is 12.1 Å². The summed E-state index contributed by atoms with van der Waals surface area (Å²) in [6, 6.07) is 5.51. The number of hydrogen-bond acceptors (Lipinski definition) is 6. The molecule has 122 valence electrons. The van der Waals surface area contributed by atoms with Gasteiger partial charge >= 0.3 is 0 Å². The molecule has 0 spiro atoms. The fraction of sp³-hybridized carbons (Fsp3) is 0.500. The number of ether oxygens (including phenoxy) is 2. The van der Waals surface area contributed by atoms with Gasteiger partial charge in [0.15, 0.2) is 5.79 Å². The van der Waals surface area contributed by atoms with Gasteiger partial charge in [-0.05, 0) is 26.0 Å². The second kappa shape index (κ2) is 4.61. The van der Waals surface area contributed by atoms with Crippen LogP contribution in [0, 0.1) is 0 Å². The van der Waals surface area contributed by atoms with Crippen molar-refractivity contribution in [3.8, 4) is 0 Å². The number of hydrogen-bond donors (Lipinski definition) is 2. The standard InChI is InChI=1S/C16H17NO6/c1-16(2)22-12-9(10(18)11(19)13(12)23-16)17-14(20)7-5-3-4-6-8(7)15(17)21/h3-6,9-13,18-19H,1-2H3/t9-,10-,11?,12-,13+/m0/s1. The van der Waals surface area contributed by atoms with E-state index in [1.165, 1.54) is 0 Å². The van der Waals surface area contributed by atoms with Crippen LogP contribution in [0.2, 0.25) is 0 Å². The van der Waals surface area contributed by atoms with Crippen molar-refractivity contribution >= 4 is 11.8 Å². The Morgan fingerprint density at radius 1 is 0.957 bits per heavy atom. The Bertz CT molecular complexity index is 667. The summed E-state index contributed by atoms with van der Waals surface area (Å²) in [4.78, 5) is 26.2. The third kappa shape index (κ3) is 1.91. The molecule has 4 rings (SSSR count). The van der Waals surface area contributed by atoms with Gasteiger partial charge in [-0.2, -0.15) is 0 Å². The summed E-state index contributed by atoms with van der Waals surface area (Å²) in [6.45, 7) is 3.37. The predicted octanol–water partition coefficient (Wildman–Crippen LogP) is -0.0933. The third-order valence-corrected chi connectivity index (χ3v) is 4.66. The van der Waals surface area contributed by atoms with Crippen LogP contribution < -0.4 is 0 Å². The van der Waals surface area contributed by atoms with E-state index in [9.17, 15) is 19.8 Å². The molecule has 2 amide bonds. The van der Waals surface area contributed by atoms with E-state index in [0.717, 1.165) is 4.90 Å². The molecular weight excluding hydrogens is 302 g/mol. The van der Waals surface area contributed by atoms with Crippen molar-refractivity contribution in [1.29, 1.82) is 0 Å². The Morgan fingerprint density at radius 2 is 1.48 bits per heavy atom. The second-order valence-electron chi connectivity index (χ2n) is 6.56. The number of amides is 2. The van der Waals surface area contributed by atoms with Gasteiger partial charge in [0, 0.05) is 0 Å². The number of rotatable bonds is 1. The highest BCUT2D eigenvalue weighted by Gasteiger charge is 2.62. The normalized spacial score (nSPS) is 38.1. The second-order valence-corrected chi connectivity index (χ2v) is 6.56. The van der Waals surface area contributed by atoms with Crippen molar-refractivity contribution < 1.29 is 29.3 Å². The third-order valence-electron chi connectivity index (χ3n) is 4.66. The van der Waals surface area contributed by atoms with E-state index >= 15 is 0 Å². The Hall–Kier alpha value is -1.80. The van der Waals surface area contributed by atoms with E-state index in [1.54, 1.807) is 38.1 Å². The van der Waals surface area contributed by atoms with Crippen LogP contribution in [0.25, 0.3) is 0 Å². The fourth-order valence-corrected chi connectivity index (χ4v) is 3.71. The highest BCUT2D eigenvalue weighted by molar-refractivity contribution is 6.21. The summed E-state index contributed by atoms with van der Waals surface area (Å²) < 4.78 is 11.4. The molecule has 0 bridgehead atoms. The van der Waals surface area contributed by atoms with Gasteiger partial charge in [0.2, 0.25) is 0 Å². The van der Waals surface area contributed by atoms with Gasteiger partial charge in [0.1, 0.15) is 24.4 Å². The molecule has 2 N–H and O–H groups in total. The van der Waals surface area contributed by atoms with E-state index in [0.29, 0.717) is 11.1 Å². The van der Waals surface area contributed by atoms with E-state index < -0.39 is 48.1 Å². The minimum Gasteiger partial charge on any atom is -0.388 e. The fourth-order valence-electron chi connectivity index (χ4n) is 3.71. The number of benzene rings is 1. The molecular formula is C16H17NO6. The van der Waals surface area contributed by atoms with Gasteiger partial charge in [0.05, 0.1) is 17.2 Å². The average molecular weight is 319 g/mol. The first-order valence-electron chi connectivity index (χ1n) is 7.50. The minimum atomic E-state index is -1.32. The Kier molecular flexibility index (Phi) is 2.96. The molecule has 3 aliphatic rings. The first-order chi connectivity index (χ1) is 10.8. The predicted molar refractivity (Wildman–Crippen MR) is 76.6 cm³/mol. The van der Waals surface area contributed by atoms with Crippen LogP contribution in [-0.2, 0) is 9.47 Å². The topological polar surface area (TPSA) is 96.3 Å². The zero-order chi connectivity index (χ0) is 16.5. The van der Waals surface area contributed by atoms with Gasteiger partial charge in [0.25, 0.3) is 11.8 Å². The van der Waals surface area contributed by atoms with Crippen LogP contribution >= 0.6 is 0 Å². The van der Waals surface area contributed by atoms with Crippen molar-refractivity contribution in [3.63, 3.8) is 0 Å². The summed E-state index contributed by atoms with van der Waals surface area (Å²) in [5.41, 5.74) is 0.585. The van der Waals surface area contributed by atoms with Crippen molar-refractivity contribution in [2.75, 3.05) is 0 Å². The zero-order valence-corrected chi connectivity index (χ0v) is 12.7. The first-order valence-corrected chi connectivity index (χ1v) is 7.50. The molecule has 1 saturated carbocycles. The number of aliphatic hydroxyl groups is 2. The molecule has 0 aromatic heterocycles. The lowest BCUT2D eigenvalue weighted by atomic mass is 10.1. The lowest BCUT2D eigenvalue weighted by molar-refractivity contribution is -0.179. The highest BCUT2D eigenvalue weighted by Crippen LogP contribution is 2.42. The largest absolute Gasteiger partial charge is 0.388 e. The highest BCUT2D eigenvalue weighted by atomic mass is 16.8. The summed E-state index contributed by atoms with van der Waals surface area (Å²) in [7, 11) is 0. The molecule has 1 aromatic rings. The maximum Gasteiger partial charge on any atom is 0.261 e. The first kappa shape index (κ1) is 14.8. The SMILES string of the molecule is CC1(C)O[C@H]2[C@@H](N3C(=O)c4ccccc4C3=O)[C@H](O)C(O)[C@H]2O1. The molecule has 1 saturated heterocycles. The Labute approximate surface area is 132 Å². The molecule has 5 atom stereocenters. The maximum absolute atomic E-state index is 12.6. The molecule has 1 aromatic carbocycles. The summed E-state index contributed by atoms with van der Waals surface area (Å²) in [5.74, 6) is -1.93. The number of carbonyl (C=O) groups is 2. The molecule has 2 heterocycles. The number of imide groups is 1. The number of fused-ring (bicyclic) bond motifs is 2. The van der Waals surface area contributed by atoms with Gasteiger partial charge < -0.3 is 19.7 Å². The van der Waals surface area contributed by atoms with Crippen LogP contribution in [0.15, 0.2) is 24.3 Å². The molecule has 7 nitrogen and oxygen atoms in total. The summed E-state index contributed by atoms with van der Waals surface area (Å²) in [6.07, 6.45) is -4.09. The number of nitrogens with zero attached hydrogens (tertiary/aromatic N) is 1. The number of carbonyl (C=O) groups excluding carboxylic acids is 2. The lowest BCUT2D eigenvalue weighted by Crippen LogP contribution is -2.52. The molecule has 0 radical (unpaired) electrons. The molecule has 2 fully saturated rings. The van der Waals surface area contributed by atoms with E-state index in [1.807, 2.05) is 0 Å². The zero-order valence-electron chi connectivity index (χ0n) is 12.7. The van der Waals surface area contributed by atoms with Crippen LogP contribution in [0.1, 0.15) is 34.6 Å². The maximum atomic E-state index is 12.6. The molecule has 7 heteroatoms. The monoisotopic (exact) mass is 319 g/mol. The van der Waals surface area contributed by atoms with Gasteiger partial charge in [-0.15, -0.1) is 0 Å². The van der Waals surface area contributed by atoms with E-state index in [4.69, 9.17) is 9.47 Å². The van der Waals surface area contributed by atoms with Crippen LogP contribution in [-0.4, -0.2) is 63.2 Å². The van der Waals surface area contributed by atoms with Crippen LogP contribution in [0.4, 0.5) is 0 Å². The Balaban J connectivity index is 1.74. The van der Waals surface area contributed by atoms with Crippen molar-refractivity contribution in [2.45, 2.75) is 50.1 Å². The molecule has 1 unspecified atom stereocenters. The minimum absolute atomic E-state index is 0.292. The van der Waals surface area contributed by atoms with E-state index in [2.05, 4.69) is 0 Å². The molecule has 1 aliphatic carbocycles. The quantitative estimate of drug-likeness (QED) is 0.702. The molecule has 2 aliphatic heterocycles. The lowest BCUT2D eigenvalue weighted by Gasteiger charge is -2.30. The summed E-state index contributed by atoms with van der Waals surface area (Å²) >= 11 is 0. The van der Waals surface area contributed by atoms with Crippen LogP contribution in [0.5, 0.6) is 0 Å². The van der Waals surface area contributed by atoms with Gasteiger partial charge in [-0.3, -0.25) is 14.5 Å².